The van der Waals surface area contributed by atoms with Crippen molar-refractivity contribution in [2.75, 3.05) is 26.8 Å². The molecule has 0 atom stereocenters. The van der Waals surface area contributed by atoms with Gasteiger partial charge in [-0.05, 0) is 53.4 Å². The summed E-state index contributed by atoms with van der Waals surface area (Å²) in [5.41, 5.74) is 2.40. The van der Waals surface area contributed by atoms with Gasteiger partial charge in [-0.1, -0.05) is 30.3 Å². The second kappa shape index (κ2) is 12.3. The molecule has 0 unspecified atom stereocenters. The second-order valence-electron chi connectivity index (χ2n) is 8.23. The van der Waals surface area contributed by atoms with Gasteiger partial charge in [0, 0.05) is 51.5 Å². The molecule has 0 saturated carbocycles. The van der Waals surface area contributed by atoms with E-state index in [1.54, 1.807) is 23.8 Å². The highest BCUT2D eigenvalue weighted by Gasteiger charge is 2.11. The van der Waals surface area contributed by atoms with Crippen LogP contribution in [0.3, 0.4) is 0 Å². The van der Waals surface area contributed by atoms with E-state index >= 15 is 0 Å². The van der Waals surface area contributed by atoms with Crippen molar-refractivity contribution in [3.8, 4) is 11.5 Å². The van der Waals surface area contributed by atoms with Crippen molar-refractivity contribution in [1.82, 2.24) is 15.2 Å². The molecule has 2 N–H and O–H groups in total. The minimum atomic E-state index is -0.263. The Labute approximate surface area is 204 Å². The van der Waals surface area contributed by atoms with Gasteiger partial charge in [-0.25, -0.2) is 4.39 Å². The van der Waals surface area contributed by atoms with Gasteiger partial charge in [-0.2, -0.15) is 0 Å². The van der Waals surface area contributed by atoms with Gasteiger partial charge in [0.15, 0.2) is 0 Å². The van der Waals surface area contributed by atoms with Gasteiger partial charge in [-0.15, -0.1) is 0 Å². The predicted molar refractivity (Wildman–Crippen MR) is 136 cm³/mol. The van der Waals surface area contributed by atoms with E-state index in [4.69, 9.17) is 9.47 Å². The van der Waals surface area contributed by atoms with Gasteiger partial charge in [0.2, 0.25) is 0 Å². The summed E-state index contributed by atoms with van der Waals surface area (Å²) in [6, 6.07) is 23.6. The highest BCUT2D eigenvalue weighted by molar-refractivity contribution is 5.81. The Kier molecular flexibility index (Phi) is 8.62. The average Bonchev–Trinajstić information content (AvgIpc) is 2.87. The van der Waals surface area contributed by atoms with E-state index in [9.17, 15) is 9.18 Å². The molecule has 182 valence electrons. The smallest absolute Gasteiger partial charge is 0.255 e. The Hall–Kier alpha value is -3.52. The molecule has 0 radical (unpaired) electrons. The van der Waals surface area contributed by atoms with Crippen molar-refractivity contribution in [3.05, 3.63) is 106 Å². The van der Waals surface area contributed by atoms with Crippen molar-refractivity contribution >= 4 is 10.9 Å². The van der Waals surface area contributed by atoms with Crippen LogP contribution >= 0.6 is 0 Å². The van der Waals surface area contributed by atoms with Crippen LogP contribution in [0.2, 0.25) is 0 Å². The van der Waals surface area contributed by atoms with Crippen molar-refractivity contribution in [1.29, 1.82) is 0 Å². The van der Waals surface area contributed by atoms with E-state index < -0.39 is 0 Å². The normalized spacial score (nSPS) is 11.1. The summed E-state index contributed by atoms with van der Waals surface area (Å²) < 4.78 is 26.0. The van der Waals surface area contributed by atoms with E-state index in [-0.39, 0.29) is 11.4 Å². The van der Waals surface area contributed by atoms with Crippen LogP contribution in [0, 0.1) is 5.82 Å². The quantitative estimate of drug-likeness (QED) is 0.296. The van der Waals surface area contributed by atoms with Crippen LogP contribution in [0.1, 0.15) is 11.1 Å². The van der Waals surface area contributed by atoms with Gasteiger partial charge in [0.25, 0.3) is 5.56 Å². The summed E-state index contributed by atoms with van der Waals surface area (Å²) >= 11 is 0. The number of halogens is 1. The number of para-hydroxylation sites is 1. The number of hydrogen-bond acceptors (Lipinski definition) is 5. The van der Waals surface area contributed by atoms with Crippen LogP contribution in [0.5, 0.6) is 11.5 Å². The summed E-state index contributed by atoms with van der Waals surface area (Å²) in [6.07, 6.45) is 0. The lowest BCUT2D eigenvalue weighted by molar-refractivity contribution is 0.199. The predicted octanol–water partition coefficient (Wildman–Crippen LogP) is 4.46. The lowest BCUT2D eigenvalue weighted by Gasteiger charge is -2.15. The molecule has 0 aliphatic rings. The number of ether oxygens (including phenoxy) is 2. The number of hydrogen-bond donors (Lipinski definition) is 2. The molecule has 1 aromatic heterocycles. The van der Waals surface area contributed by atoms with Gasteiger partial charge in [-0.3, -0.25) is 4.79 Å². The number of fused-ring (bicyclic) bond motifs is 1. The summed E-state index contributed by atoms with van der Waals surface area (Å²) in [4.78, 5) is 13.4. The monoisotopic (exact) mass is 475 g/mol. The molecule has 0 aliphatic carbocycles. The van der Waals surface area contributed by atoms with Crippen molar-refractivity contribution < 1.29 is 13.9 Å². The average molecular weight is 476 g/mol. The highest BCUT2D eigenvalue weighted by Crippen LogP contribution is 2.25. The number of aromatic nitrogens is 1. The van der Waals surface area contributed by atoms with Crippen LogP contribution in [-0.2, 0) is 24.4 Å². The zero-order valence-corrected chi connectivity index (χ0v) is 19.8. The van der Waals surface area contributed by atoms with E-state index in [0.29, 0.717) is 50.6 Å². The van der Waals surface area contributed by atoms with Crippen LogP contribution in [-0.4, -0.2) is 31.4 Å². The molecule has 0 spiro atoms. The second-order valence-corrected chi connectivity index (χ2v) is 8.23. The molecule has 3 aromatic carbocycles. The van der Waals surface area contributed by atoms with Crippen LogP contribution < -0.4 is 20.9 Å². The fourth-order valence-corrected chi connectivity index (χ4v) is 3.88. The minimum absolute atomic E-state index is 0.0468. The Balaban J connectivity index is 1.57. The third kappa shape index (κ3) is 6.76. The summed E-state index contributed by atoms with van der Waals surface area (Å²) in [5.74, 6) is 1.15. The maximum Gasteiger partial charge on any atom is 0.255 e. The first-order valence-corrected chi connectivity index (χ1v) is 11.7. The van der Waals surface area contributed by atoms with Crippen molar-refractivity contribution in [3.63, 3.8) is 0 Å². The number of rotatable bonds is 12. The number of nitrogens with one attached hydrogen (secondary N) is 2. The summed E-state index contributed by atoms with van der Waals surface area (Å²) in [5, 5.41) is 7.57. The molecule has 1 heterocycles. The fourth-order valence-electron chi connectivity index (χ4n) is 3.88. The van der Waals surface area contributed by atoms with Crippen molar-refractivity contribution in [2.45, 2.75) is 19.6 Å². The summed E-state index contributed by atoms with van der Waals surface area (Å²) in [6.45, 7) is 3.42. The number of methoxy groups -OCH3 is 1. The van der Waals surface area contributed by atoms with E-state index in [1.807, 2.05) is 54.6 Å². The minimum Gasteiger partial charge on any atom is -0.457 e. The Morgan fingerprint density at radius 1 is 0.857 bits per heavy atom. The standard InChI is InChI=1S/C28H30FN3O3/c1-34-16-14-30-13-15-32-27-18-26(35-25-5-3-2-4-6-25)12-9-22(27)17-23(28(32)33)20-31-19-21-7-10-24(29)11-8-21/h2-12,17-18,30-31H,13-16,19-20H2,1H3. The first-order valence-electron chi connectivity index (χ1n) is 11.7. The lowest BCUT2D eigenvalue weighted by Crippen LogP contribution is -2.32. The Bertz CT molecular complexity index is 1290. The Morgan fingerprint density at radius 2 is 1.66 bits per heavy atom. The van der Waals surface area contributed by atoms with Gasteiger partial charge < -0.3 is 24.7 Å². The molecular weight excluding hydrogens is 445 g/mol. The SMILES string of the molecule is COCCNCCn1c(=O)c(CNCc2ccc(F)cc2)cc2ccc(Oc3ccccc3)cc21. The first-order chi connectivity index (χ1) is 17.1. The number of benzene rings is 3. The largest absolute Gasteiger partial charge is 0.457 e. The molecule has 0 bridgehead atoms. The fraction of sp³-hybridized carbons (Fsp3) is 0.250. The zero-order valence-electron chi connectivity index (χ0n) is 19.8. The van der Waals surface area contributed by atoms with E-state index in [2.05, 4.69) is 10.6 Å². The van der Waals surface area contributed by atoms with E-state index in [0.717, 1.165) is 22.2 Å². The molecule has 0 fully saturated rings. The number of nitrogens with zero attached hydrogens (tertiary/aromatic N) is 1. The van der Waals surface area contributed by atoms with Crippen LogP contribution in [0.15, 0.2) is 83.7 Å². The third-order valence-corrected chi connectivity index (χ3v) is 5.67. The molecular formula is C28H30FN3O3. The molecule has 4 aromatic rings. The van der Waals surface area contributed by atoms with Crippen LogP contribution in [0.4, 0.5) is 4.39 Å². The van der Waals surface area contributed by atoms with E-state index in [1.165, 1.54) is 12.1 Å². The Morgan fingerprint density at radius 3 is 2.43 bits per heavy atom. The maximum absolute atomic E-state index is 13.4. The molecule has 0 amide bonds. The van der Waals surface area contributed by atoms with Crippen LogP contribution in [0.25, 0.3) is 10.9 Å². The first kappa shape index (κ1) is 24.6. The molecule has 0 saturated heterocycles. The van der Waals surface area contributed by atoms with Crippen molar-refractivity contribution in [2.24, 2.45) is 0 Å². The lowest BCUT2D eigenvalue weighted by atomic mass is 10.1. The molecule has 0 aliphatic heterocycles. The molecule has 7 heteroatoms. The van der Waals surface area contributed by atoms with Gasteiger partial charge in [0.1, 0.15) is 17.3 Å². The molecule has 4 rings (SSSR count). The van der Waals surface area contributed by atoms with Gasteiger partial charge in [0.05, 0.1) is 12.1 Å². The summed E-state index contributed by atoms with van der Waals surface area (Å²) in [7, 11) is 1.66. The topological polar surface area (TPSA) is 64.5 Å². The third-order valence-electron chi connectivity index (χ3n) is 5.67. The number of pyridine rings is 1. The highest BCUT2D eigenvalue weighted by atomic mass is 19.1. The van der Waals surface area contributed by atoms with Gasteiger partial charge >= 0.3 is 0 Å². The zero-order chi connectivity index (χ0) is 24.5. The maximum atomic E-state index is 13.4. The molecule has 6 nitrogen and oxygen atoms in total. The molecule has 35 heavy (non-hydrogen) atoms.